The molecule has 0 bridgehead atoms. The molecule has 0 aliphatic rings. The van der Waals surface area contributed by atoms with Crippen molar-refractivity contribution in [1.82, 2.24) is 5.32 Å². The fourth-order valence-electron chi connectivity index (χ4n) is 3.46. The molecule has 6 nitrogen and oxygen atoms in total. The second kappa shape index (κ2) is 14.2. The highest BCUT2D eigenvalue weighted by atomic mass is 79.9. The topological polar surface area (TPSA) is 87.3 Å². The van der Waals surface area contributed by atoms with Gasteiger partial charge in [-0.2, -0.15) is 0 Å². The van der Waals surface area contributed by atoms with Crippen LogP contribution >= 0.6 is 50.9 Å². The maximum absolute atomic E-state index is 13.2. The maximum Gasteiger partial charge on any atom is 0.272 e. The molecule has 0 aromatic heterocycles. The van der Waals surface area contributed by atoms with Crippen LogP contribution in [0.1, 0.15) is 15.9 Å². The van der Waals surface area contributed by atoms with Gasteiger partial charge >= 0.3 is 0 Å². The Morgan fingerprint density at radius 1 is 0.800 bits per heavy atom. The summed E-state index contributed by atoms with van der Waals surface area (Å²) in [5.74, 6) is -0.926. The van der Waals surface area contributed by atoms with Gasteiger partial charge in [0, 0.05) is 20.6 Å². The van der Waals surface area contributed by atoms with E-state index in [4.69, 9.17) is 23.2 Å². The van der Waals surface area contributed by atoms with E-state index in [0.29, 0.717) is 27.5 Å². The first-order valence-corrected chi connectivity index (χ1v) is 14.4. The van der Waals surface area contributed by atoms with E-state index >= 15 is 0 Å². The molecule has 0 saturated carbocycles. The molecule has 0 radical (unpaired) electrons. The third kappa shape index (κ3) is 8.22. The van der Waals surface area contributed by atoms with E-state index in [1.165, 1.54) is 17.8 Å². The molecule has 0 aliphatic heterocycles. The van der Waals surface area contributed by atoms with Crippen LogP contribution in [0.3, 0.4) is 0 Å². The molecule has 10 heteroatoms. The number of rotatable bonds is 9. The fraction of sp³-hybridized carbons (Fsp3) is 0.0333. The lowest BCUT2D eigenvalue weighted by Gasteiger charge is -2.12. The van der Waals surface area contributed by atoms with Crippen molar-refractivity contribution in [3.63, 3.8) is 0 Å². The number of para-hydroxylation sites is 1. The normalized spacial score (nSPS) is 11.0. The summed E-state index contributed by atoms with van der Waals surface area (Å²) in [6.45, 7) is 0. The average Bonchev–Trinajstić information content (AvgIpc) is 2.96. The third-order valence-corrected chi connectivity index (χ3v) is 7.98. The van der Waals surface area contributed by atoms with Gasteiger partial charge in [-0.25, -0.2) is 0 Å². The molecule has 0 saturated heterocycles. The molecule has 202 valence electrons. The summed E-state index contributed by atoms with van der Waals surface area (Å²) in [6.07, 6.45) is 1.47. The third-order valence-electron chi connectivity index (χ3n) is 5.44. The van der Waals surface area contributed by atoms with Crippen LogP contribution in [0.15, 0.2) is 112 Å². The first-order valence-electron chi connectivity index (χ1n) is 11.9. The molecule has 0 fully saturated rings. The van der Waals surface area contributed by atoms with Crippen LogP contribution in [0.5, 0.6) is 0 Å². The van der Waals surface area contributed by atoms with E-state index < -0.39 is 11.8 Å². The Bertz CT molecular complexity index is 1560. The average molecular weight is 655 g/mol. The van der Waals surface area contributed by atoms with E-state index in [1.807, 2.05) is 24.3 Å². The van der Waals surface area contributed by atoms with Gasteiger partial charge in [0.05, 0.1) is 21.5 Å². The minimum atomic E-state index is -0.548. The number of carbonyl (C=O) groups excluding carboxylic acids is 3. The van der Waals surface area contributed by atoms with Crippen molar-refractivity contribution in [3.8, 4) is 0 Å². The van der Waals surface area contributed by atoms with Gasteiger partial charge in [-0.15, -0.1) is 11.8 Å². The number of thioether (sulfide) groups is 1. The first kappa shape index (κ1) is 29.4. The van der Waals surface area contributed by atoms with Crippen LogP contribution in [0.25, 0.3) is 6.08 Å². The van der Waals surface area contributed by atoms with E-state index in [0.717, 1.165) is 9.37 Å². The smallest absolute Gasteiger partial charge is 0.272 e. The second-order valence-electron chi connectivity index (χ2n) is 8.32. The zero-order chi connectivity index (χ0) is 28.5. The number of hydrogen-bond acceptors (Lipinski definition) is 4. The molecule has 40 heavy (non-hydrogen) atoms. The Hall–Kier alpha value is -3.56. The number of amides is 3. The second-order valence-corrected chi connectivity index (χ2v) is 11.0. The molecule has 0 atom stereocenters. The number of anilines is 2. The summed E-state index contributed by atoms with van der Waals surface area (Å²) < 4.78 is 0.805. The summed E-state index contributed by atoms with van der Waals surface area (Å²) in [7, 11) is 0. The summed E-state index contributed by atoms with van der Waals surface area (Å²) in [4.78, 5) is 39.3. The van der Waals surface area contributed by atoms with Crippen LogP contribution < -0.4 is 16.0 Å². The van der Waals surface area contributed by atoms with Gasteiger partial charge in [0.2, 0.25) is 5.91 Å². The number of hydrogen-bond donors (Lipinski definition) is 3. The number of benzene rings is 4. The molecule has 0 unspecified atom stereocenters. The Kier molecular flexibility index (Phi) is 10.4. The van der Waals surface area contributed by atoms with Crippen molar-refractivity contribution in [3.05, 3.63) is 128 Å². The fourth-order valence-corrected chi connectivity index (χ4v) is 4.91. The standard InChI is InChI=1S/C30H22BrCl2N3O3S/c31-23-10-4-5-12-25(23)35-27(37)18-40-22-15-13-21(14-16-22)34-30(39)26(17-20-9-6-11-24(32)28(20)33)36-29(38)19-7-2-1-3-8-19/h1-17H,18H2,(H,34,39)(H,35,37)(H,36,38)/b26-17-. The van der Waals surface area contributed by atoms with Crippen molar-refractivity contribution in [1.29, 1.82) is 0 Å². The molecule has 0 spiro atoms. The van der Waals surface area contributed by atoms with Gasteiger partial charge in [0.25, 0.3) is 11.8 Å². The lowest BCUT2D eigenvalue weighted by Crippen LogP contribution is -2.30. The van der Waals surface area contributed by atoms with Gasteiger partial charge in [-0.05, 0) is 82.2 Å². The largest absolute Gasteiger partial charge is 0.324 e. The summed E-state index contributed by atoms with van der Waals surface area (Å²) >= 11 is 17.2. The van der Waals surface area contributed by atoms with Gasteiger partial charge in [-0.3, -0.25) is 14.4 Å². The predicted octanol–water partition coefficient (Wildman–Crippen LogP) is 7.90. The summed E-state index contributed by atoms with van der Waals surface area (Å²) in [5, 5.41) is 8.91. The Morgan fingerprint density at radius 3 is 2.23 bits per heavy atom. The Morgan fingerprint density at radius 2 is 1.50 bits per heavy atom. The molecule has 4 aromatic rings. The van der Waals surface area contributed by atoms with Crippen molar-refractivity contribution in [2.45, 2.75) is 4.90 Å². The minimum absolute atomic E-state index is 0.0137. The first-order chi connectivity index (χ1) is 19.3. The highest BCUT2D eigenvalue weighted by Gasteiger charge is 2.16. The molecule has 0 heterocycles. The summed E-state index contributed by atoms with van der Waals surface area (Å²) in [6, 6.07) is 28.0. The maximum atomic E-state index is 13.2. The van der Waals surface area contributed by atoms with Crippen LogP contribution in [-0.2, 0) is 9.59 Å². The lowest BCUT2D eigenvalue weighted by molar-refractivity contribution is -0.114. The van der Waals surface area contributed by atoms with Gasteiger partial charge in [0.15, 0.2) is 0 Å². The number of halogens is 3. The van der Waals surface area contributed by atoms with E-state index in [1.54, 1.807) is 72.8 Å². The Balaban J connectivity index is 1.44. The zero-order valence-corrected chi connectivity index (χ0v) is 24.7. The molecule has 4 aromatic carbocycles. The van der Waals surface area contributed by atoms with Crippen LogP contribution in [0.4, 0.5) is 11.4 Å². The van der Waals surface area contributed by atoms with Crippen molar-refractivity contribution < 1.29 is 14.4 Å². The van der Waals surface area contributed by atoms with Crippen LogP contribution in [0.2, 0.25) is 10.0 Å². The molecular formula is C30H22BrCl2N3O3S. The predicted molar refractivity (Wildman–Crippen MR) is 167 cm³/mol. The Labute approximate surface area is 254 Å². The van der Waals surface area contributed by atoms with Crippen LogP contribution in [-0.4, -0.2) is 23.5 Å². The lowest BCUT2D eigenvalue weighted by atomic mass is 10.1. The minimum Gasteiger partial charge on any atom is -0.324 e. The van der Waals surface area contributed by atoms with Gasteiger partial charge in [-0.1, -0.05) is 65.7 Å². The van der Waals surface area contributed by atoms with Gasteiger partial charge < -0.3 is 16.0 Å². The van der Waals surface area contributed by atoms with E-state index in [2.05, 4.69) is 31.9 Å². The molecule has 3 amide bonds. The molecular weight excluding hydrogens is 633 g/mol. The number of nitrogens with one attached hydrogen (secondary N) is 3. The monoisotopic (exact) mass is 653 g/mol. The highest BCUT2D eigenvalue weighted by molar-refractivity contribution is 9.10. The van der Waals surface area contributed by atoms with Crippen LogP contribution in [0, 0.1) is 0 Å². The molecule has 3 N–H and O–H groups in total. The van der Waals surface area contributed by atoms with Crippen molar-refractivity contribution in [2.24, 2.45) is 0 Å². The van der Waals surface area contributed by atoms with Gasteiger partial charge in [0.1, 0.15) is 5.70 Å². The quantitative estimate of drug-likeness (QED) is 0.127. The SMILES string of the molecule is O=C(CSc1ccc(NC(=O)/C(=C/c2cccc(Cl)c2Cl)NC(=O)c2ccccc2)cc1)Nc1ccccc1Br. The van der Waals surface area contributed by atoms with Crippen molar-refractivity contribution in [2.75, 3.05) is 16.4 Å². The zero-order valence-electron chi connectivity index (χ0n) is 20.8. The van der Waals surface area contributed by atoms with Crippen molar-refractivity contribution >= 4 is 86.1 Å². The molecule has 4 rings (SSSR count). The number of carbonyl (C=O) groups is 3. The van der Waals surface area contributed by atoms with E-state index in [-0.39, 0.29) is 22.4 Å². The highest BCUT2D eigenvalue weighted by Crippen LogP contribution is 2.28. The summed E-state index contributed by atoms with van der Waals surface area (Å²) in [5.41, 5.74) is 2.06. The molecule has 0 aliphatic carbocycles. The van der Waals surface area contributed by atoms with E-state index in [9.17, 15) is 14.4 Å².